The van der Waals surface area contributed by atoms with Crippen molar-refractivity contribution < 1.29 is 9.90 Å². The molecular weight excluding hydrogens is 248 g/mol. The Morgan fingerprint density at radius 3 is 2.88 bits per heavy atom. The Morgan fingerprint density at radius 1 is 1.69 bits per heavy atom. The average Bonchev–Trinajstić information content (AvgIpc) is 2.60. The fourth-order valence-corrected chi connectivity index (χ4v) is 2.23. The van der Waals surface area contributed by atoms with Crippen LogP contribution in [0.15, 0.2) is 12.1 Å². The predicted molar refractivity (Wildman–Crippen MR) is 65.6 cm³/mol. The molecule has 1 amide bonds. The number of nitrogens with one attached hydrogen (secondary N) is 1. The van der Waals surface area contributed by atoms with Gasteiger partial charge in [-0.2, -0.15) is 0 Å². The number of aliphatic hydroxyl groups is 1. The summed E-state index contributed by atoms with van der Waals surface area (Å²) in [7, 11) is 0. The van der Waals surface area contributed by atoms with Crippen LogP contribution in [0.4, 0.5) is 0 Å². The van der Waals surface area contributed by atoms with Crippen LogP contribution in [-0.2, 0) is 4.79 Å². The third-order valence-electron chi connectivity index (χ3n) is 1.92. The van der Waals surface area contributed by atoms with Gasteiger partial charge in [0.15, 0.2) is 0 Å². The minimum absolute atomic E-state index is 0.156. The number of hydrogen-bond acceptors (Lipinski definition) is 4. The molecule has 1 aromatic rings. The van der Waals surface area contributed by atoms with Gasteiger partial charge in [0.2, 0.25) is 5.91 Å². The van der Waals surface area contributed by atoms with Gasteiger partial charge in [-0.3, -0.25) is 4.79 Å². The Balaban J connectivity index is 2.35. The zero-order valence-corrected chi connectivity index (χ0v) is 10.5. The fraction of sp³-hybridized carbons (Fsp3) is 0.500. The van der Waals surface area contributed by atoms with Crippen LogP contribution in [0.1, 0.15) is 24.3 Å². The summed E-state index contributed by atoms with van der Waals surface area (Å²) in [4.78, 5) is 12.0. The lowest BCUT2D eigenvalue weighted by molar-refractivity contribution is -0.121. The van der Waals surface area contributed by atoms with Crippen LogP contribution >= 0.6 is 22.9 Å². The molecule has 0 aliphatic heterocycles. The third-order valence-corrected chi connectivity index (χ3v) is 3.25. The Morgan fingerprint density at radius 2 is 2.38 bits per heavy atom. The van der Waals surface area contributed by atoms with Crippen LogP contribution in [0.2, 0.25) is 4.34 Å². The van der Waals surface area contributed by atoms with Crippen LogP contribution in [-0.4, -0.2) is 23.6 Å². The first-order valence-electron chi connectivity index (χ1n) is 4.94. The number of aliphatic hydroxyl groups excluding tert-OH is 1. The molecule has 16 heavy (non-hydrogen) atoms. The van der Waals surface area contributed by atoms with Crippen molar-refractivity contribution >= 4 is 28.8 Å². The highest BCUT2D eigenvalue weighted by Crippen LogP contribution is 2.26. The summed E-state index contributed by atoms with van der Waals surface area (Å²) in [5.41, 5.74) is 5.48. The van der Waals surface area contributed by atoms with Crippen molar-refractivity contribution in [1.29, 1.82) is 0 Å². The van der Waals surface area contributed by atoms with Crippen LogP contribution in [0, 0.1) is 0 Å². The van der Waals surface area contributed by atoms with Gasteiger partial charge in [-0.1, -0.05) is 11.6 Å². The quantitative estimate of drug-likeness (QED) is 0.749. The Bertz CT molecular complexity index is 354. The van der Waals surface area contributed by atoms with Gasteiger partial charge >= 0.3 is 0 Å². The number of thiophene rings is 1. The predicted octanol–water partition coefficient (Wildman–Crippen LogP) is 1.29. The van der Waals surface area contributed by atoms with E-state index in [0.29, 0.717) is 4.34 Å². The molecule has 6 heteroatoms. The minimum Gasteiger partial charge on any atom is -0.386 e. The normalized spacial score (nSPS) is 14.5. The van der Waals surface area contributed by atoms with E-state index in [-0.39, 0.29) is 24.9 Å². The molecule has 2 atom stereocenters. The first kappa shape index (κ1) is 13.4. The van der Waals surface area contributed by atoms with Crippen molar-refractivity contribution in [3.05, 3.63) is 21.3 Å². The van der Waals surface area contributed by atoms with Crippen LogP contribution in [0.25, 0.3) is 0 Å². The molecule has 1 heterocycles. The second-order valence-electron chi connectivity index (χ2n) is 3.64. The maximum absolute atomic E-state index is 11.3. The van der Waals surface area contributed by atoms with E-state index in [1.54, 1.807) is 19.1 Å². The SMILES string of the molecule is CC(N)CC(=O)NCC(O)c1ccc(Cl)s1. The second kappa shape index (κ2) is 6.20. The number of carbonyl (C=O) groups is 1. The van der Waals surface area contributed by atoms with Gasteiger partial charge in [-0.25, -0.2) is 0 Å². The molecule has 1 aromatic heterocycles. The molecule has 0 saturated heterocycles. The molecule has 4 nitrogen and oxygen atoms in total. The topological polar surface area (TPSA) is 75.4 Å². The summed E-state index contributed by atoms with van der Waals surface area (Å²) in [6, 6.07) is 3.29. The van der Waals surface area contributed by atoms with E-state index >= 15 is 0 Å². The van der Waals surface area contributed by atoms with Crippen molar-refractivity contribution in [1.82, 2.24) is 5.32 Å². The molecule has 90 valence electrons. The Hall–Kier alpha value is -0.620. The highest BCUT2D eigenvalue weighted by Gasteiger charge is 2.12. The molecule has 2 unspecified atom stereocenters. The summed E-state index contributed by atoms with van der Waals surface area (Å²) < 4.78 is 0.621. The molecular formula is C10H15ClN2O2S. The van der Waals surface area contributed by atoms with E-state index in [2.05, 4.69) is 5.32 Å². The molecule has 0 fully saturated rings. The van der Waals surface area contributed by atoms with Crippen LogP contribution in [0.5, 0.6) is 0 Å². The van der Waals surface area contributed by atoms with E-state index < -0.39 is 6.10 Å². The lowest BCUT2D eigenvalue weighted by atomic mass is 10.2. The summed E-state index contributed by atoms with van der Waals surface area (Å²) >= 11 is 7.04. The monoisotopic (exact) mass is 262 g/mol. The Labute approximate surface area is 103 Å². The maximum atomic E-state index is 11.3. The molecule has 0 aliphatic rings. The van der Waals surface area contributed by atoms with Gasteiger partial charge in [-0.15, -0.1) is 11.3 Å². The molecule has 0 saturated carbocycles. The van der Waals surface area contributed by atoms with Crippen molar-refractivity contribution in [3.63, 3.8) is 0 Å². The summed E-state index contributed by atoms with van der Waals surface area (Å²) in [6.07, 6.45) is -0.452. The van der Waals surface area contributed by atoms with E-state index in [9.17, 15) is 9.90 Å². The van der Waals surface area contributed by atoms with Crippen LogP contribution in [0.3, 0.4) is 0 Å². The van der Waals surface area contributed by atoms with Gasteiger partial charge in [0.1, 0.15) is 6.10 Å². The first-order chi connectivity index (χ1) is 7.49. The summed E-state index contributed by atoms with van der Waals surface area (Å²) in [5, 5.41) is 12.3. The van der Waals surface area contributed by atoms with Crippen molar-refractivity contribution in [2.75, 3.05) is 6.54 Å². The van der Waals surface area contributed by atoms with Gasteiger partial charge < -0.3 is 16.2 Å². The molecule has 0 aliphatic carbocycles. The largest absolute Gasteiger partial charge is 0.386 e. The Kier molecular flexibility index (Phi) is 5.21. The van der Waals surface area contributed by atoms with Crippen molar-refractivity contribution in [2.24, 2.45) is 5.73 Å². The lowest BCUT2D eigenvalue weighted by Crippen LogP contribution is -2.32. The van der Waals surface area contributed by atoms with Gasteiger partial charge in [0.05, 0.1) is 4.34 Å². The molecule has 4 N–H and O–H groups in total. The molecule has 0 radical (unpaired) electrons. The highest BCUT2D eigenvalue weighted by atomic mass is 35.5. The zero-order chi connectivity index (χ0) is 12.1. The van der Waals surface area contributed by atoms with E-state index in [1.165, 1.54) is 11.3 Å². The zero-order valence-electron chi connectivity index (χ0n) is 8.94. The van der Waals surface area contributed by atoms with E-state index in [1.807, 2.05) is 0 Å². The number of carbonyl (C=O) groups excluding carboxylic acids is 1. The summed E-state index contributed by atoms with van der Waals surface area (Å²) in [5.74, 6) is -0.156. The minimum atomic E-state index is -0.713. The van der Waals surface area contributed by atoms with Crippen molar-refractivity contribution in [3.8, 4) is 0 Å². The highest BCUT2D eigenvalue weighted by molar-refractivity contribution is 7.16. The van der Waals surface area contributed by atoms with E-state index in [0.717, 1.165) is 4.88 Å². The second-order valence-corrected chi connectivity index (χ2v) is 5.39. The molecule has 0 aromatic carbocycles. The summed E-state index contributed by atoms with van der Waals surface area (Å²) in [6.45, 7) is 1.94. The van der Waals surface area contributed by atoms with Gasteiger partial charge in [-0.05, 0) is 19.1 Å². The lowest BCUT2D eigenvalue weighted by Gasteiger charge is -2.11. The fourth-order valence-electron chi connectivity index (χ4n) is 1.18. The van der Waals surface area contributed by atoms with Gasteiger partial charge in [0, 0.05) is 23.9 Å². The number of amides is 1. The number of halogens is 1. The van der Waals surface area contributed by atoms with E-state index in [4.69, 9.17) is 17.3 Å². The first-order valence-corrected chi connectivity index (χ1v) is 6.14. The van der Waals surface area contributed by atoms with Crippen molar-refractivity contribution in [2.45, 2.75) is 25.5 Å². The smallest absolute Gasteiger partial charge is 0.221 e. The number of rotatable bonds is 5. The number of hydrogen-bond donors (Lipinski definition) is 3. The maximum Gasteiger partial charge on any atom is 0.221 e. The number of nitrogens with two attached hydrogens (primary N) is 1. The molecule has 0 spiro atoms. The van der Waals surface area contributed by atoms with Crippen LogP contribution < -0.4 is 11.1 Å². The van der Waals surface area contributed by atoms with Gasteiger partial charge in [0.25, 0.3) is 0 Å². The standard InChI is InChI=1S/C10H15ClN2O2S/c1-6(12)4-10(15)13-5-7(14)8-2-3-9(11)16-8/h2-3,6-7,14H,4-5,12H2,1H3,(H,13,15). The third kappa shape index (κ3) is 4.49. The molecule has 0 bridgehead atoms. The molecule has 1 rings (SSSR count). The average molecular weight is 263 g/mol.